The topological polar surface area (TPSA) is 111 Å². The minimum atomic E-state index is -3.65. The molecule has 2 N–H and O–H groups in total. The summed E-state index contributed by atoms with van der Waals surface area (Å²) in [6.07, 6.45) is 4.93. The Bertz CT molecular complexity index is 1350. The van der Waals surface area contributed by atoms with Gasteiger partial charge in [0.2, 0.25) is 10.0 Å². The van der Waals surface area contributed by atoms with E-state index in [1.54, 1.807) is 13.2 Å². The number of amides is 1. The first-order valence-corrected chi connectivity index (χ1v) is 11.6. The lowest BCUT2D eigenvalue weighted by atomic mass is 10.1. The fraction of sp³-hybridized carbons (Fsp3) is 0.150. The standard InChI is InChI=1S/C20H20N6O3S2/c1-21-31(28,29)14-11-15(26(3)12-14)19(27)24-20-23-16(13-7-5-4-6-8-13)17(30-20)18-22-9-10-25(18)2/h4-12,21H,1-3H3,(H,23,24,27). The van der Waals surface area contributed by atoms with Gasteiger partial charge in [0.15, 0.2) is 11.0 Å². The Morgan fingerprint density at radius 2 is 1.87 bits per heavy atom. The molecular formula is C20H20N6O3S2. The minimum Gasteiger partial charge on any atom is -0.345 e. The molecule has 1 amide bonds. The van der Waals surface area contributed by atoms with E-state index in [1.807, 2.05) is 48.1 Å². The fourth-order valence-electron chi connectivity index (χ4n) is 3.09. The summed E-state index contributed by atoms with van der Waals surface area (Å²) in [4.78, 5) is 22.8. The van der Waals surface area contributed by atoms with E-state index in [0.717, 1.165) is 16.3 Å². The predicted molar refractivity (Wildman–Crippen MR) is 119 cm³/mol. The Morgan fingerprint density at radius 1 is 1.13 bits per heavy atom. The Balaban J connectivity index is 1.71. The summed E-state index contributed by atoms with van der Waals surface area (Å²) < 4.78 is 29.7. The van der Waals surface area contributed by atoms with Gasteiger partial charge < -0.3 is 9.13 Å². The van der Waals surface area contributed by atoms with Crippen molar-refractivity contribution in [1.29, 1.82) is 0 Å². The number of aromatic nitrogens is 4. The molecule has 0 radical (unpaired) electrons. The van der Waals surface area contributed by atoms with Crippen LogP contribution in [0, 0.1) is 0 Å². The summed E-state index contributed by atoms with van der Waals surface area (Å²) in [6, 6.07) is 11.0. The maximum Gasteiger partial charge on any atom is 0.274 e. The highest BCUT2D eigenvalue weighted by Crippen LogP contribution is 2.38. The second kappa shape index (κ2) is 8.10. The van der Waals surface area contributed by atoms with E-state index in [-0.39, 0.29) is 10.6 Å². The van der Waals surface area contributed by atoms with Crippen LogP contribution in [-0.2, 0) is 24.1 Å². The molecule has 0 bridgehead atoms. The first-order chi connectivity index (χ1) is 14.8. The normalized spacial score (nSPS) is 11.6. The third kappa shape index (κ3) is 4.02. The van der Waals surface area contributed by atoms with Crippen molar-refractivity contribution in [2.24, 2.45) is 14.1 Å². The Hall–Kier alpha value is -3.28. The molecule has 0 saturated carbocycles. The van der Waals surface area contributed by atoms with Gasteiger partial charge in [0.1, 0.15) is 10.6 Å². The zero-order valence-electron chi connectivity index (χ0n) is 17.0. The number of sulfonamides is 1. The van der Waals surface area contributed by atoms with Crippen molar-refractivity contribution in [3.8, 4) is 22.0 Å². The van der Waals surface area contributed by atoms with Crippen LogP contribution < -0.4 is 10.0 Å². The third-order valence-corrected chi connectivity index (χ3v) is 7.06. The number of hydrogen-bond donors (Lipinski definition) is 2. The molecule has 11 heteroatoms. The summed E-state index contributed by atoms with van der Waals surface area (Å²) in [5.74, 6) is 0.276. The highest BCUT2D eigenvalue weighted by atomic mass is 32.2. The maximum atomic E-state index is 12.9. The van der Waals surface area contributed by atoms with E-state index in [4.69, 9.17) is 0 Å². The lowest BCUT2D eigenvalue weighted by molar-refractivity contribution is 0.101. The number of nitrogens with one attached hydrogen (secondary N) is 2. The van der Waals surface area contributed by atoms with Crippen LogP contribution in [0.1, 0.15) is 10.5 Å². The molecule has 0 fully saturated rings. The number of hydrogen-bond acceptors (Lipinski definition) is 6. The highest BCUT2D eigenvalue weighted by Gasteiger charge is 2.22. The molecule has 9 nitrogen and oxygen atoms in total. The molecule has 0 saturated heterocycles. The second-order valence-electron chi connectivity index (χ2n) is 6.76. The van der Waals surface area contributed by atoms with E-state index in [2.05, 4.69) is 20.0 Å². The zero-order valence-corrected chi connectivity index (χ0v) is 18.7. The van der Waals surface area contributed by atoms with Crippen molar-refractivity contribution in [2.45, 2.75) is 4.90 Å². The van der Waals surface area contributed by atoms with Crippen molar-refractivity contribution in [3.63, 3.8) is 0 Å². The number of carbonyl (C=O) groups excluding carboxylic acids is 1. The van der Waals surface area contributed by atoms with Gasteiger partial charge >= 0.3 is 0 Å². The number of imidazole rings is 1. The van der Waals surface area contributed by atoms with Crippen LogP contribution in [-0.4, -0.2) is 40.5 Å². The Labute approximate surface area is 183 Å². The van der Waals surface area contributed by atoms with Crippen molar-refractivity contribution in [2.75, 3.05) is 12.4 Å². The second-order valence-corrected chi connectivity index (χ2v) is 9.64. The van der Waals surface area contributed by atoms with Crippen LogP contribution in [0.4, 0.5) is 5.13 Å². The lowest BCUT2D eigenvalue weighted by Crippen LogP contribution is -2.18. The molecule has 0 aliphatic carbocycles. The fourth-order valence-corrected chi connectivity index (χ4v) is 4.91. The largest absolute Gasteiger partial charge is 0.345 e. The van der Waals surface area contributed by atoms with Crippen LogP contribution in [0.15, 0.2) is 59.9 Å². The molecule has 160 valence electrons. The minimum absolute atomic E-state index is 0.0143. The summed E-state index contributed by atoms with van der Waals surface area (Å²) in [7, 11) is 1.17. The molecule has 0 aliphatic rings. The molecule has 0 atom stereocenters. The summed E-state index contributed by atoms with van der Waals surface area (Å²) in [5.41, 5.74) is 1.81. The van der Waals surface area contributed by atoms with Crippen molar-refractivity contribution >= 4 is 32.4 Å². The highest BCUT2D eigenvalue weighted by molar-refractivity contribution is 7.89. The first-order valence-electron chi connectivity index (χ1n) is 9.25. The van der Waals surface area contributed by atoms with Gasteiger partial charge in [-0.25, -0.2) is 23.1 Å². The quantitative estimate of drug-likeness (QED) is 0.463. The Kier molecular flexibility index (Phi) is 5.48. The molecule has 0 unspecified atom stereocenters. The predicted octanol–water partition coefficient (Wildman–Crippen LogP) is 2.71. The number of rotatable bonds is 6. The number of thiazole rings is 1. The van der Waals surface area contributed by atoms with Crippen LogP contribution >= 0.6 is 11.3 Å². The molecule has 3 aromatic heterocycles. The van der Waals surface area contributed by atoms with Crippen molar-refractivity contribution in [3.05, 3.63) is 60.7 Å². The first kappa shape index (κ1) is 21.0. The van der Waals surface area contributed by atoms with Crippen LogP contribution in [0.2, 0.25) is 0 Å². The lowest BCUT2D eigenvalue weighted by Gasteiger charge is -2.02. The van der Waals surface area contributed by atoms with Gasteiger partial charge in [0.25, 0.3) is 5.91 Å². The van der Waals surface area contributed by atoms with Gasteiger partial charge in [-0.3, -0.25) is 10.1 Å². The average Bonchev–Trinajstić information content (AvgIpc) is 3.47. The van der Waals surface area contributed by atoms with E-state index >= 15 is 0 Å². The monoisotopic (exact) mass is 456 g/mol. The Morgan fingerprint density at radius 3 is 2.52 bits per heavy atom. The van der Waals surface area contributed by atoms with Gasteiger partial charge in [-0.1, -0.05) is 41.7 Å². The van der Waals surface area contributed by atoms with Gasteiger partial charge in [0.05, 0.1) is 10.6 Å². The number of aryl methyl sites for hydroxylation is 2. The van der Waals surface area contributed by atoms with Gasteiger partial charge in [-0.05, 0) is 13.1 Å². The third-order valence-electron chi connectivity index (χ3n) is 4.71. The summed E-state index contributed by atoms with van der Waals surface area (Å²) >= 11 is 1.31. The van der Waals surface area contributed by atoms with E-state index in [9.17, 15) is 13.2 Å². The van der Waals surface area contributed by atoms with Gasteiger partial charge in [-0.2, -0.15) is 0 Å². The molecule has 1 aromatic carbocycles. The molecule has 4 aromatic rings. The van der Waals surface area contributed by atoms with Crippen molar-refractivity contribution in [1.82, 2.24) is 23.8 Å². The molecular weight excluding hydrogens is 436 g/mol. The smallest absolute Gasteiger partial charge is 0.274 e. The number of benzene rings is 1. The van der Waals surface area contributed by atoms with Crippen molar-refractivity contribution < 1.29 is 13.2 Å². The molecule has 0 aliphatic heterocycles. The number of nitrogens with zero attached hydrogens (tertiary/aromatic N) is 4. The van der Waals surface area contributed by atoms with Crippen LogP contribution in [0.3, 0.4) is 0 Å². The molecule has 3 heterocycles. The van der Waals surface area contributed by atoms with Crippen LogP contribution in [0.25, 0.3) is 22.0 Å². The maximum absolute atomic E-state index is 12.9. The number of anilines is 1. The molecule has 31 heavy (non-hydrogen) atoms. The SMILES string of the molecule is CNS(=O)(=O)c1cc(C(=O)Nc2nc(-c3ccccc3)c(-c3nccn3C)s2)n(C)c1. The average molecular weight is 457 g/mol. The summed E-state index contributed by atoms with van der Waals surface area (Å²) in [6.45, 7) is 0. The number of carbonyl (C=O) groups is 1. The molecule has 0 spiro atoms. The van der Waals surface area contributed by atoms with E-state index in [0.29, 0.717) is 10.8 Å². The van der Waals surface area contributed by atoms with Gasteiger partial charge in [-0.15, -0.1) is 0 Å². The van der Waals surface area contributed by atoms with E-state index < -0.39 is 15.9 Å². The van der Waals surface area contributed by atoms with Gasteiger partial charge in [0, 0.05) is 38.2 Å². The van der Waals surface area contributed by atoms with Crippen LogP contribution in [0.5, 0.6) is 0 Å². The summed E-state index contributed by atoms with van der Waals surface area (Å²) in [5, 5.41) is 3.18. The van der Waals surface area contributed by atoms with E-state index in [1.165, 1.54) is 35.2 Å². The molecule has 4 rings (SSSR count). The zero-order chi connectivity index (χ0) is 22.2.